The summed E-state index contributed by atoms with van der Waals surface area (Å²) in [6, 6.07) is 13.1. The number of aliphatic hydroxyl groups is 1. The van der Waals surface area contributed by atoms with E-state index in [9.17, 15) is 23.1 Å². The molecule has 1 aliphatic carbocycles. The van der Waals surface area contributed by atoms with Crippen molar-refractivity contribution >= 4 is 29.1 Å². The zero-order valence-corrected chi connectivity index (χ0v) is 23.2. The van der Waals surface area contributed by atoms with Crippen LogP contribution in [0.25, 0.3) is 0 Å². The summed E-state index contributed by atoms with van der Waals surface area (Å²) in [6.45, 7) is 7.47. The lowest BCUT2D eigenvalue weighted by Crippen LogP contribution is -2.59. The molecule has 3 nitrogen and oxygen atoms in total. The van der Waals surface area contributed by atoms with Crippen LogP contribution < -0.4 is 0 Å². The second-order valence-electron chi connectivity index (χ2n) is 11.1. The van der Waals surface area contributed by atoms with E-state index in [-0.39, 0.29) is 18.2 Å². The molecule has 0 aromatic heterocycles. The Bertz CT molecular complexity index is 1170. The zero-order valence-electron chi connectivity index (χ0n) is 21.6. The molecule has 2 aromatic carbocycles. The third kappa shape index (κ3) is 5.50. The van der Waals surface area contributed by atoms with Crippen molar-refractivity contribution in [3.63, 3.8) is 0 Å². The number of piperidine rings is 1. The van der Waals surface area contributed by atoms with Crippen molar-refractivity contribution in [2.75, 3.05) is 0 Å². The van der Waals surface area contributed by atoms with Gasteiger partial charge in [0, 0.05) is 28.4 Å². The van der Waals surface area contributed by atoms with Crippen molar-refractivity contribution in [2.45, 2.75) is 82.2 Å². The van der Waals surface area contributed by atoms with Gasteiger partial charge in [-0.05, 0) is 73.4 Å². The van der Waals surface area contributed by atoms with Crippen LogP contribution in [0.4, 0.5) is 13.2 Å². The van der Waals surface area contributed by atoms with E-state index >= 15 is 0 Å². The molecule has 5 atom stereocenters. The number of rotatable bonds is 9. The van der Waals surface area contributed by atoms with Crippen molar-refractivity contribution in [1.29, 1.82) is 0 Å². The van der Waals surface area contributed by atoms with Crippen LogP contribution >= 0.6 is 23.2 Å². The van der Waals surface area contributed by atoms with Gasteiger partial charge in [-0.25, -0.2) is 0 Å². The van der Waals surface area contributed by atoms with E-state index in [1.165, 1.54) is 0 Å². The number of amides is 1. The molecule has 206 valence electrons. The number of nitrogens with zero attached hydrogens (tertiary/aromatic N) is 1. The van der Waals surface area contributed by atoms with Gasteiger partial charge < -0.3 is 10.0 Å². The minimum absolute atomic E-state index is 0.234. The molecule has 1 aliphatic heterocycles. The van der Waals surface area contributed by atoms with Crippen molar-refractivity contribution in [3.8, 4) is 0 Å². The second-order valence-corrected chi connectivity index (χ2v) is 12.0. The molecule has 0 radical (unpaired) electrons. The predicted molar refractivity (Wildman–Crippen MR) is 145 cm³/mol. The Hall–Kier alpha value is -2.02. The van der Waals surface area contributed by atoms with Crippen LogP contribution in [0.1, 0.15) is 75.5 Å². The number of allylic oxidation sites excluding steroid dienone is 1. The Kier molecular flexibility index (Phi) is 8.28. The van der Waals surface area contributed by atoms with Gasteiger partial charge in [-0.3, -0.25) is 4.79 Å². The van der Waals surface area contributed by atoms with Crippen LogP contribution in [0.5, 0.6) is 0 Å². The Morgan fingerprint density at radius 1 is 1.13 bits per heavy atom. The third-order valence-corrected chi connectivity index (χ3v) is 8.83. The molecular weight excluding hydrogens is 534 g/mol. The summed E-state index contributed by atoms with van der Waals surface area (Å²) in [4.78, 5) is 15.9. The fraction of sp³-hybridized carbons (Fsp3) is 0.500. The smallest absolute Gasteiger partial charge is 0.380 e. The van der Waals surface area contributed by atoms with Crippen LogP contribution in [-0.4, -0.2) is 33.7 Å². The maximum Gasteiger partial charge on any atom is 0.417 e. The molecule has 2 aromatic rings. The Morgan fingerprint density at radius 3 is 2.32 bits per heavy atom. The van der Waals surface area contributed by atoms with Gasteiger partial charge in [0.1, 0.15) is 0 Å². The molecule has 2 aliphatic rings. The molecule has 1 N–H and O–H groups in total. The number of carbonyl (C=O) groups is 1. The Balaban J connectivity index is 1.89. The number of hydrogen-bond donors (Lipinski definition) is 1. The molecule has 8 heteroatoms. The lowest BCUT2D eigenvalue weighted by molar-refractivity contribution is -0.275. The fourth-order valence-electron chi connectivity index (χ4n) is 6.16. The first-order valence-corrected chi connectivity index (χ1v) is 13.8. The number of carbonyl (C=O) groups excluding carboxylic acids is 1. The molecule has 1 saturated carbocycles. The largest absolute Gasteiger partial charge is 0.417 e. The average molecular weight is 569 g/mol. The monoisotopic (exact) mass is 567 g/mol. The molecule has 1 amide bonds. The summed E-state index contributed by atoms with van der Waals surface area (Å²) in [7, 11) is 0. The van der Waals surface area contributed by atoms with E-state index in [1.54, 1.807) is 36.1 Å². The first kappa shape index (κ1) is 29.0. The number of benzene rings is 2. The number of likely N-dealkylation sites (tertiary alicyclic amines) is 1. The van der Waals surface area contributed by atoms with E-state index in [2.05, 4.69) is 6.58 Å². The van der Waals surface area contributed by atoms with Crippen LogP contribution in [-0.2, 0) is 4.79 Å². The minimum atomic E-state index is -4.80. The number of alkyl halides is 3. The highest BCUT2D eigenvalue weighted by atomic mass is 35.5. The maximum absolute atomic E-state index is 14.3. The van der Waals surface area contributed by atoms with Crippen LogP contribution in [0.3, 0.4) is 0 Å². The van der Waals surface area contributed by atoms with E-state index < -0.39 is 41.6 Å². The standard InChI is InChI=1S/C30H34Cl2F3NO2/c1-4-15-28(3)18-25(20-7-6-8-23(32)16-20)26(19-9-13-22(31)14-10-19)36(27(28)37)24(5-2)17-29(38,21-11-12-21)30(33,34)35/h4,6-10,13-14,16,21,24-26,38H,1,5,11-12,15,17-18H2,2-3H3/t24-,25+,26+,28-,29+/m0/s1. The van der Waals surface area contributed by atoms with Gasteiger partial charge in [-0.2, -0.15) is 13.2 Å². The third-order valence-electron chi connectivity index (χ3n) is 8.34. The molecule has 4 rings (SSSR count). The van der Waals surface area contributed by atoms with E-state index in [0.29, 0.717) is 35.7 Å². The lowest BCUT2D eigenvalue weighted by atomic mass is 9.66. The van der Waals surface area contributed by atoms with E-state index in [1.807, 2.05) is 37.3 Å². The van der Waals surface area contributed by atoms with Crippen LogP contribution in [0, 0.1) is 11.3 Å². The predicted octanol–water partition coefficient (Wildman–Crippen LogP) is 8.51. The minimum Gasteiger partial charge on any atom is -0.380 e. The summed E-state index contributed by atoms with van der Waals surface area (Å²) < 4.78 is 42.9. The van der Waals surface area contributed by atoms with E-state index in [4.69, 9.17) is 23.2 Å². The molecule has 1 heterocycles. The summed E-state index contributed by atoms with van der Waals surface area (Å²) >= 11 is 12.6. The van der Waals surface area contributed by atoms with Gasteiger partial charge in [0.25, 0.3) is 0 Å². The molecule has 1 saturated heterocycles. The normalized spacial score (nSPS) is 26.6. The van der Waals surface area contributed by atoms with Gasteiger partial charge >= 0.3 is 6.18 Å². The first-order valence-electron chi connectivity index (χ1n) is 13.1. The molecule has 2 fully saturated rings. The van der Waals surface area contributed by atoms with Gasteiger partial charge in [0.2, 0.25) is 5.91 Å². The average Bonchev–Trinajstić information content (AvgIpc) is 3.70. The summed E-state index contributed by atoms with van der Waals surface area (Å²) in [5.74, 6) is -1.34. The quantitative estimate of drug-likeness (QED) is 0.308. The molecule has 0 unspecified atom stereocenters. The lowest BCUT2D eigenvalue weighted by Gasteiger charge is -2.53. The van der Waals surface area contributed by atoms with Gasteiger partial charge in [0.15, 0.2) is 5.60 Å². The van der Waals surface area contributed by atoms with Gasteiger partial charge in [-0.15, -0.1) is 6.58 Å². The first-order chi connectivity index (χ1) is 17.8. The topological polar surface area (TPSA) is 40.5 Å². The van der Waals surface area contributed by atoms with Crippen molar-refractivity contribution in [3.05, 3.63) is 82.4 Å². The second kappa shape index (κ2) is 10.9. The van der Waals surface area contributed by atoms with Gasteiger partial charge in [0.05, 0.1) is 11.5 Å². The Labute approximate surface area is 232 Å². The molecule has 38 heavy (non-hydrogen) atoms. The van der Waals surface area contributed by atoms with E-state index in [0.717, 1.165) is 11.1 Å². The summed E-state index contributed by atoms with van der Waals surface area (Å²) in [6.07, 6.45) is -1.95. The number of hydrogen-bond acceptors (Lipinski definition) is 2. The SMILES string of the molecule is C=CC[C@@]1(C)C[C@H](c2cccc(Cl)c2)[C@@H](c2ccc(Cl)cc2)N([C@@H](CC)C[C@@](O)(C2CC2)C(F)(F)F)C1=O. The fourth-order valence-corrected chi connectivity index (χ4v) is 6.49. The summed E-state index contributed by atoms with van der Waals surface area (Å²) in [5, 5.41) is 12.1. The van der Waals surface area contributed by atoms with Crippen LogP contribution in [0.2, 0.25) is 10.0 Å². The van der Waals surface area contributed by atoms with Crippen molar-refractivity contribution in [2.24, 2.45) is 11.3 Å². The van der Waals surface area contributed by atoms with Crippen LogP contribution in [0.15, 0.2) is 61.2 Å². The van der Waals surface area contributed by atoms with Gasteiger partial charge in [-0.1, -0.05) is 67.4 Å². The zero-order chi connectivity index (χ0) is 27.9. The highest BCUT2D eigenvalue weighted by molar-refractivity contribution is 6.30. The molecular formula is C30H34Cl2F3NO2. The molecule has 0 bridgehead atoms. The Morgan fingerprint density at radius 2 is 1.79 bits per heavy atom. The highest BCUT2D eigenvalue weighted by Crippen LogP contribution is 2.55. The van der Waals surface area contributed by atoms with Crippen molar-refractivity contribution < 1.29 is 23.1 Å². The maximum atomic E-state index is 14.3. The van der Waals surface area contributed by atoms with Crippen molar-refractivity contribution in [1.82, 2.24) is 4.90 Å². The summed E-state index contributed by atoms with van der Waals surface area (Å²) in [5.41, 5.74) is -2.07. The molecule has 0 spiro atoms. The highest BCUT2D eigenvalue weighted by Gasteiger charge is 2.63. The number of halogens is 5.